The van der Waals surface area contributed by atoms with Gasteiger partial charge in [-0.1, -0.05) is 23.4 Å². The summed E-state index contributed by atoms with van der Waals surface area (Å²) in [6.45, 7) is 1.45. The molecule has 3 aromatic rings. The molecule has 0 aliphatic carbocycles. The van der Waals surface area contributed by atoms with Crippen molar-refractivity contribution in [3.63, 3.8) is 0 Å². The number of rotatable bonds is 4. The Morgan fingerprint density at radius 3 is 2.88 bits per heavy atom. The molecule has 0 saturated carbocycles. The molecule has 130 valence electrons. The van der Waals surface area contributed by atoms with Crippen LogP contribution in [-0.4, -0.2) is 26.6 Å². The molecule has 4 rings (SSSR count). The standard InChI is InChI=1S/C19H14F2N4O/c20-16-6-5-14(9-17(16)21)18-23-19(26-24-18)15-4-2-8-25(12-15)11-13-3-1-7-22-10-13/h1-7,9-10,12H,8,11H2. The molecule has 0 bridgehead atoms. The molecule has 0 radical (unpaired) electrons. The summed E-state index contributed by atoms with van der Waals surface area (Å²) in [5.74, 6) is -1.34. The van der Waals surface area contributed by atoms with Gasteiger partial charge in [-0.3, -0.25) is 4.98 Å². The largest absolute Gasteiger partial charge is 0.369 e. The van der Waals surface area contributed by atoms with Crippen molar-refractivity contribution < 1.29 is 13.3 Å². The summed E-state index contributed by atoms with van der Waals surface area (Å²) < 4.78 is 31.7. The highest BCUT2D eigenvalue weighted by Gasteiger charge is 2.16. The quantitative estimate of drug-likeness (QED) is 0.714. The van der Waals surface area contributed by atoms with Crippen molar-refractivity contribution in [3.8, 4) is 11.4 Å². The molecule has 1 aromatic carbocycles. The van der Waals surface area contributed by atoms with Crippen LogP contribution in [0.4, 0.5) is 8.78 Å². The first-order valence-electron chi connectivity index (χ1n) is 8.00. The number of benzene rings is 1. The van der Waals surface area contributed by atoms with Gasteiger partial charge in [0.25, 0.3) is 5.89 Å². The number of allylic oxidation sites excluding steroid dienone is 2. The maximum Gasteiger partial charge on any atom is 0.259 e. The van der Waals surface area contributed by atoms with Gasteiger partial charge in [0.1, 0.15) is 0 Å². The van der Waals surface area contributed by atoms with E-state index in [0.29, 0.717) is 18.0 Å². The molecule has 1 aliphatic rings. The van der Waals surface area contributed by atoms with Crippen LogP contribution >= 0.6 is 0 Å². The number of nitrogens with zero attached hydrogens (tertiary/aromatic N) is 4. The number of halogens is 2. The third-order valence-electron chi connectivity index (χ3n) is 3.92. The lowest BCUT2D eigenvalue weighted by Gasteiger charge is -2.22. The molecule has 1 aliphatic heterocycles. The van der Waals surface area contributed by atoms with E-state index in [1.165, 1.54) is 6.07 Å². The van der Waals surface area contributed by atoms with E-state index in [0.717, 1.165) is 29.8 Å². The maximum absolute atomic E-state index is 13.4. The van der Waals surface area contributed by atoms with Gasteiger partial charge < -0.3 is 9.42 Å². The summed E-state index contributed by atoms with van der Waals surface area (Å²) in [5, 5.41) is 3.86. The van der Waals surface area contributed by atoms with Gasteiger partial charge >= 0.3 is 0 Å². The molecule has 26 heavy (non-hydrogen) atoms. The minimum absolute atomic E-state index is 0.206. The first-order valence-corrected chi connectivity index (χ1v) is 8.00. The van der Waals surface area contributed by atoms with Crippen molar-refractivity contribution in [1.82, 2.24) is 20.0 Å². The van der Waals surface area contributed by atoms with Crippen molar-refractivity contribution in [1.29, 1.82) is 0 Å². The molecule has 0 N–H and O–H groups in total. The highest BCUT2D eigenvalue weighted by molar-refractivity contribution is 5.70. The van der Waals surface area contributed by atoms with Gasteiger partial charge in [0.15, 0.2) is 11.6 Å². The fraction of sp³-hybridized carbons (Fsp3) is 0.105. The van der Waals surface area contributed by atoms with Crippen LogP contribution in [0.25, 0.3) is 17.0 Å². The summed E-state index contributed by atoms with van der Waals surface area (Å²) in [7, 11) is 0. The van der Waals surface area contributed by atoms with Gasteiger partial charge in [0.05, 0.1) is 5.57 Å². The maximum atomic E-state index is 13.4. The minimum atomic E-state index is -0.951. The average Bonchev–Trinajstić information content (AvgIpc) is 3.15. The number of hydrogen-bond donors (Lipinski definition) is 0. The zero-order chi connectivity index (χ0) is 17.9. The molecule has 7 heteroatoms. The molecule has 0 spiro atoms. The monoisotopic (exact) mass is 352 g/mol. The predicted molar refractivity (Wildman–Crippen MR) is 91.4 cm³/mol. The van der Waals surface area contributed by atoms with E-state index >= 15 is 0 Å². The van der Waals surface area contributed by atoms with E-state index in [9.17, 15) is 8.78 Å². The van der Waals surface area contributed by atoms with Crippen LogP contribution in [0.2, 0.25) is 0 Å². The van der Waals surface area contributed by atoms with Crippen molar-refractivity contribution in [2.45, 2.75) is 6.54 Å². The molecule has 5 nitrogen and oxygen atoms in total. The second kappa shape index (κ2) is 6.87. The minimum Gasteiger partial charge on any atom is -0.369 e. The fourth-order valence-corrected chi connectivity index (χ4v) is 2.66. The van der Waals surface area contributed by atoms with E-state index in [1.807, 2.05) is 36.7 Å². The molecule has 0 unspecified atom stereocenters. The van der Waals surface area contributed by atoms with Crippen LogP contribution in [0.5, 0.6) is 0 Å². The molecule has 0 saturated heterocycles. The van der Waals surface area contributed by atoms with Crippen molar-refractivity contribution in [3.05, 3.63) is 84.2 Å². The summed E-state index contributed by atoms with van der Waals surface area (Å²) in [6, 6.07) is 7.39. The van der Waals surface area contributed by atoms with Crippen LogP contribution in [0.3, 0.4) is 0 Å². The van der Waals surface area contributed by atoms with Gasteiger partial charge in [-0.25, -0.2) is 8.78 Å². The first kappa shape index (κ1) is 16.1. The number of hydrogen-bond acceptors (Lipinski definition) is 5. The van der Waals surface area contributed by atoms with Crippen LogP contribution in [-0.2, 0) is 6.54 Å². The molecule has 0 amide bonds. The summed E-state index contributed by atoms with van der Waals surface area (Å²) >= 11 is 0. The first-order chi connectivity index (χ1) is 12.7. The molecular formula is C19H14F2N4O. The topological polar surface area (TPSA) is 55.1 Å². The van der Waals surface area contributed by atoms with Crippen molar-refractivity contribution >= 4 is 5.57 Å². The second-order valence-corrected chi connectivity index (χ2v) is 5.83. The zero-order valence-corrected chi connectivity index (χ0v) is 13.6. The van der Waals surface area contributed by atoms with E-state index in [1.54, 1.807) is 6.20 Å². The molecule has 2 aromatic heterocycles. The summed E-state index contributed by atoms with van der Waals surface area (Å²) in [6.07, 6.45) is 9.36. The molecular weight excluding hydrogens is 338 g/mol. The van der Waals surface area contributed by atoms with Gasteiger partial charge in [-0.2, -0.15) is 4.98 Å². The van der Waals surface area contributed by atoms with E-state index in [-0.39, 0.29) is 5.82 Å². The molecule has 0 atom stereocenters. The Bertz CT molecular complexity index is 982. The number of aromatic nitrogens is 3. The van der Waals surface area contributed by atoms with E-state index < -0.39 is 11.6 Å². The lowest BCUT2D eigenvalue weighted by Crippen LogP contribution is -2.19. The zero-order valence-electron chi connectivity index (χ0n) is 13.6. The average molecular weight is 352 g/mol. The van der Waals surface area contributed by atoms with Gasteiger partial charge in [0.2, 0.25) is 5.82 Å². The van der Waals surface area contributed by atoms with E-state index in [2.05, 4.69) is 20.0 Å². The Kier molecular flexibility index (Phi) is 4.27. The van der Waals surface area contributed by atoms with Crippen LogP contribution in [0.1, 0.15) is 11.5 Å². The van der Waals surface area contributed by atoms with E-state index in [4.69, 9.17) is 4.52 Å². The molecule has 0 fully saturated rings. The van der Waals surface area contributed by atoms with Gasteiger partial charge in [0, 0.05) is 37.2 Å². The Hall–Kier alpha value is -3.35. The Morgan fingerprint density at radius 2 is 2.08 bits per heavy atom. The SMILES string of the molecule is Fc1ccc(-c2noc(C3=CN(Cc4cccnc4)CC=C3)n2)cc1F. The lowest BCUT2D eigenvalue weighted by molar-refractivity contribution is 0.392. The normalized spacial score (nSPS) is 13.8. The number of pyridine rings is 1. The Balaban J connectivity index is 1.56. The fourth-order valence-electron chi connectivity index (χ4n) is 2.66. The van der Waals surface area contributed by atoms with Crippen molar-refractivity contribution in [2.24, 2.45) is 0 Å². The highest BCUT2D eigenvalue weighted by Crippen LogP contribution is 2.24. The third kappa shape index (κ3) is 3.37. The Morgan fingerprint density at radius 1 is 1.15 bits per heavy atom. The summed E-state index contributed by atoms with van der Waals surface area (Å²) in [4.78, 5) is 10.5. The smallest absolute Gasteiger partial charge is 0.259 e. The second-order valence-electron chi connectivity index (χ2n) is 5.83. The van der Waals surface area contributed by atoms with Gasteiger partial charge in [-0.05, 0) is 29.8 Å². The van der Waals surface area contributed by atoms with Crippen LogP contribution in [0, 0.1) is 11.6 Å². The van der Waals surface area contributed by atoms with Crippen LogP contribution in [0.15, 0.2) is 65.6 Å². The van der Waals surface area contributed by atoms with Crippen LogP contribution < -0.4 is 0 Å². The van der Waals surface area contributed by atoms with Gasteiger partial charge in [-0.15, -0.1) is 0 Å². The Labute approximate surface area is 148 Å². The summed E-state index contributed by atoms with van der Waals surface area (Å²) in [5.41, 5.74) is 2.19. The lowest BCUT2D eigenvalue weighted by atomic mass is 10.1. The molecule has 3 heterocycles. The van der Waals surface area contributed by atoms with Crippen molar-refractivity contribution in [2.75, 3.05) is 6.54 Å². The highest BCUT2D eigenvalue weighted by atomic mass is 19.2. The predicted octanol–water partition coefficient (Wildman–Crippen LogP) is 3.82. The third-order valence-corrected chi connectivity index (χ3v) is 3.92.